The molecule has 3 amide bonds. The number of hydrogen-bond acceptors (Lipinski definition) is 2. The molecule has 7 heteroatoms. The van der Waals surface area contributed by atoms with Crippen molar-refractivity contribution in [3.05, 3.63) is 29.8 Å². The molecular formula is C17H23F2N3O2. The van der Waals surface area contributed by atoms with Gasteiger partial charge in [0, 0.05) is 32.2 Å². The van der Waals surface area contributed by atoms with Crippen LogP contribution in [0.15, 0.2) is 18.2 Å². The van der Waals surface area contributed by atoms with Crippen LogP contribution in [0.3, 0.4) is 0 Å². The van der Waals surface area contributed by atoms with E-state index in [0.717, 1.165) is 25.0 Å². The number of likely N-dealkylation sites (tertiary alicyclic amines) is 1. The van der Waals surface area contributed by atoms with Crippen LogP contribution in [0.2, 0.25) is 0 Å². The van der Waals surface area contributed by atoms with E-state index in [-0.39, 0.29) is 17.5 Å². The van der Waals surface area contributed by atoms with Crippen LogP contribution in [0.1, 0.15) is 26.7 Å². The molecule has 0 bridgehead atoms. The molecule has 0 saturated carbocycles. The second-order valence-electron chi connectivity index (χ2n) is 5.85. The molecule has 1 unspecified atom stereocenters. The van der Waals surface area contributed by atoms with Gasteiger partial charge in [0.05, 0.1) is 11.6 Å². The molecule has 0 aliphatic carbocycles. The number of piperidine rings is 1. The number of urea groups is 1. The quantitative estimate of drug-likeness (QED) is 0.916. The molecule has 1 aromatic rings. The van der Waals surface area contributed by atoms with Crippen molar-refractivity contribution in [1.82, 2.24) is 9.80 Å². The number of carbonyl (C=O) groups excluding carboxylic acids is 2. The van der Waals surface area contributed by atoms with Crippen molar-refractivity contribution >= 4 is 17.6 Å². The Hall–Kier alpha value is -2.18. The number of nitrogens with one attached hydrogen (secondary N) is 1. The predicted octanol–water partition coefficient (Wildman–Crippen LogP) is 3.08. The zero-order valence-corrected chi connectivity index (χ0v) is 14.0. The van der Waals surface area contributed by atoms with E-state index >= 15 is 0 Å². The minimum absolute atomic E-state index is 0.0467. The van der Waals surface area contributed by atoms with E-state index in [0.29, 0.717) is 26.2 Å². The molecule has 1 fully saturated rings. The number of nitrogens with zero attached hydrogens (tertiary/aromatic N) is 2. The Labute approximate surface area is 140 Å². The lowest BCUT2D eigenvalue weighted by molar-refractivity contribution is -0.136. The number of hydrogen-bond donors (Lipinski definition) is 1. The minimum atomic E-state index is -0.823. The summed E-state index contributed by atoms with van der Waals surface area (Å²) >= 11 is 0. The number of rotatable bonds is 4. The number of anilines is 1. The molecule has 24 heavy (non-hydrogen) atoms. The average Bonchev–Trinajstić information content (AvgIpc) is 2.58. The zero-order valence-electron chi connectivity index (χ0n) is 14.0. The summed E-state index contributed by atoms with van der Waals surface area (Å²) in [6, 6.07) is 2.52. The van der Waals surface area contributed by atoms with Crippen LogP contribution in [-0.2, 0) is 4.79 Å². The summed E-state index contributed by atoms with van der Waals surface area (Å²) in [5.41, 5.74) is -0.0707. The minimum Gasteiger partial charge on any atom is -0.343 e. The molecule has 132 valence electrons. The van der Waals surface area contributed by atoms with Crippen molar-refractivity contribution in [2.45, 2.75) is 26.7 Å². The summed E-state index contributed by atoms with van der Waals surface area (Å²) < 4.78 is 26.6. The molecule has 2 rings (SSSR count). The summed E-state index contributed by atoms with van der Waals surface area (Å²) in [6.45, 7) is 5.94. The van der Waals surface area contributed by atoms with Gasteiger partial charge in [0.1, 0.15) is 11.6 Å². The summed E-state index contributed by atoms with van der Waals surface area (Å²) in [6.07, 6.45) is 1.46. The van der Waals surface area contributed by atoms with Gasteiger partial charge >= 0.3 is 6.03 Å². The molecule has 1 saturated heterocycles. The van der Waals surface area contributed by atoms with Crippen molar-refractivity contribution in [2.24, 2.45) is 5.92 Å². The first-order valence-electron chi connectivity index (χ1n) is 8.26. The van der Waals surface area contributed by atoms with Gasteiger partial charge in [0.15, 0.2) is 0 Å². The Morgan fingerprint density at radius 3 is 2.62 bits per heavy atom. The third kappa shape index (κ3) is 4.21. The SMILES string of the molecule is CCN(CC)C(=O)C1CCCN(C(=O)Nc2ccc(F)cc2F)C1. The highest BCUT2D eigenvalue weighted by atomic mass is 19.1. The number of benzene rings is 1. The lowest BCUT2D eigenvalue weighted by Crippen LogP contribution is -2.48. The van der Waals surface area contributed by atoms with Crippen molar-refractivity contribution in [2.75, 3.05) is 31.5 Å². The Balaban J connectivity index is 2.01. The van der Waals surface area contributed by atoms with Gasteiger partial charge in [-0.2, -0.15) is 0 Å². The fraction of sp³-hybridized carbons (Fsp3) is 0.529. The maximum absolute atomic E-state index is 13.6. The first-order chi connectivity index (χ1) is 11.5. The van der Waals surface area contributed by atoms with E-state index in [2.05, 4.69) is 5.32 Å². The highest BCUT2D eigenvalue weighted by molar-refractivity contribution is 5.90. The average molecular weight is 339 g/mol. The monoisotopic (exact) mass is 339 g/mol. The lowest BCUT2D eigenvalue weighted by atomic mass is 9.96. The smallest absolute Gasteiger partial charge is 0.321 e. The maximum atomic E-state index is 13.6. The Bertz CT molecular complexity index is 605. The van der Waals surface area contributed by atoms with Gasteiger partial charge in [-0.1, -0.05) is 0 Å². The molecule has 1 heterocycles. The molecule has 1 atom stereocenters. The van der Waals surface area contributed by atoms with Crippen LogP contribution in [0.5, 0.6) is 0 Å². The van der Waals surface area contributed by atoms with Crippen molar-refractivity contribution < 1.29 is 18.4 Å². The predicted molar refractivity (Wildman–Crippen MR) is 87.6 cm³/mol. The van der Waals surface area contributed by atoms with Crippen LogP contribution in [0.25, 0.3) is 0 Å². The molecule has 0 radical (unpaired) electrons. The van der Waals surface area contributed by atoms with E-state index in [1.807, 2.05) is 13.8 Å². The van der Waals surface area contributed by atoms with E-state index in [9.17, 15) is 18.4 Å². The second-order valence-corrected chi connectivity index (χ2v) is 5.85. The largest absolute Gasteiger partial charge is 0.343 e. The van der Waals surface area contributed by atoms with Crippen molar-refractivity contribution in [1.29, 1.82) is 0 Å². The second kappa shape index (κ2) is 8.08. The van der Waals surface area contributed by atoms with E-state index in [4.69, 9.17) is 0 Å². The summed E-state index contributed by atoms with van der Waals surface area (Å²) in [4.78, 5) is 28.0. The van der Waals surface area contributed by atoms with E-state index < -0.39 is 17.7 Å². The van der Waals surface area contributed by atoms with Gasteiger partial charge < -0.3 is 15.1 Å². The highest BCUT2D eigenvalue weighted by Crippen LogP contribution is 2.21. The van der Waals surface area contributed by atoms with Gasteiger partial charge in [-0.3, -0.25) is 4.79 Å². The summed E-state index contributed by atoms with van der Waals surface area (Å²) in [5, 5.41) is 2.44. The van der Waals surface area contributed by atoms with Gasteiger partial charge in [-0.05, 0) is 38.8 Å². The van der Waals surface area contributed by atoms with Crippen molar-refractivity contribution in [3.8, 4) is 0 Å². The molecule has 1 aliphatic rings. The van der Waals surface area contributed by atoms with Gasteiger partial charge in [-0.25, -0.2) is 13.6 Å². The number of halogens is 2. The van der Waals surface area contributed by atoms with E-state index in [1.54, 1.807) is 4.90 Å². The maximum Gasteiger partial charge on any atom is 0.321 e. The molecule has 0 spiro atoms. The van der Waals surface area contributed by atoms with E-state index in [1.165, 1.54) is 11.0 Å². The van der Waals surface area contributed by atoms with Gasteiger partial charge in [0.2, 0.25) is 5.91 Å². The first kappa shape index (κ1) is 18.2. The van der Waals surface area contributed by atoms with Crippen LogP contribution in [-0.4, -0.2) is 47.9 Å². The first-order valence-corrected chi connectivity index (χ1v) is 8.26. The molecule has 1 N–H and O–H groups in total. The Kier molecular flexibility index (Phi) is 6.11. The van der Waals surface area contributed by atoms with Gasteiger partial charge in [0.25, 0.3) is 0 Å². The molecule has 1 aromatic carbocycles. The van der Waals surface area contributed by atoms with Crippen molar-refractivity contribution in [3.63, 3.8) is 0 Å². The number of carbonyl (C=O) groups is 2. The standard InChI is InChI=1S/C17H23F2N3O2/c1-3-21(4-2)16(23)12-6-5-9-22(11-12)17(24)20-15-8-7-13(18)10-14(15)19/h7-8,10,12H,3-6,9,11H2,1-2H3,(H,20,24). The summed E-state index contributed by atoms with van der Waals surface area (Å²) in [5.74, 6) is -1.71. The fourth-order valence-electron chi connectivity index (χ4n) is 2.94. The summed E-state index contributed by atoms with van der Waals surface area (Å²) in [7, 11) is 0. The topological polar surface area (TPSA) is 52.7 Å². The zero-order chi connectivity index (χ0) is 17.7. The Morgan fingerprint density at radius 1 is 1.29 bits per heavy atom. The third-order valence-electron chi connectivity index (χ3n) is 4.31. The molecule has 1 aliphatic heterocycles. The van der Waals surface area contributed by atoms with Crippen LogP contribution >= 0.6 is 0 Å². The molecule has 0 aromatic heterocycles. The van der Waals surface area contributed by atoms with Crippen LogP contribution in [0, 0.1) is 17.6 Å². The third-order valence-corrected chi connectivity index (χ3v) is 4.31. The highest BCUT2D eigenvalue weighted by Gasteiger charge is 2.30. The number of amides is 3. The van der Waals surface area contributed by atoms with Crippen LogP contribution < -0.4 is 5.32 Å². The normalized spacial score (nSPS) is 17.5. The molecular weight excluding hydrogens is 316 g/mol. The van der Waals surface area contributed by atoms with Gasteiger partial charge in [-0.15, -0.1) is 0 Å². The fourth-order valence-corrected chi connectivity index (χ4v) is 2.94. The van der Waals surface area contributed by atoms with Crippen LogP contribution in [0.4, 0.5) is 19.3 Å². The Morgan fingerprint density at radius 2 is 2.00 bits per heavy atom. The lowest BCUT2D eigenvalue weighted by Gasteiger charge is -2.34. The molecule has 5 nitrogen and oxygen atoms in total.